The number of anilines is 3. The van der Waals surface area contributed by atoms with Crippen molar-refractivity contribution in [1.82, 2.24) is 0 Å². The van der Waals surface area contributed by atoms with Crippen LogP contribution in [0, 0.1) is 0 Å². The number of benzene rings is 8. The highest BCUT2D eigenvalue weighted by atomic mass is 32.1. The molecule has 55 heavy (non-hydrogen) atoms. The molecule has 262 valence electrons. The summed E-state index contributed by atoms with van der Waals surface area (Å²) in [4.78, 5) is 2.44. The SMILES string of the molecule is CC1(C)c2ccccc2-c2ccc(N(c3ccc(-c4ccccc4)cc3)c3ccc4c(c3)sc3cc(C5(C)c6ccccc6-c6ccccc65)ccc34)cc21. The summed E-state index contributed by atoms with van der Waals surface area (Å²) in [5.74, 6) is 0. The summed E-state index contributed by atoms with van der Waals surface area (Å²) in [7, 11) is 0. The molecule has 2 aliphatic rings. The zero-order chi connectivity index (χ0) is 36.9. The molecule has 0 atom stereocenters. The Balaban J connectivity index is 1.05. The minimum atomic E-state index is -0.216. The van der Waals surface area contributed by atoms with Gasteiger partial charge in [0.25, 0.3) is 0 Å². The number of hydrogen-bond acceptors (Lipinski definition) is 2. The van der Waals surface area contributed by atoms with Crippen LogP contribution in [-0.2, 0) is 10.8 Å². The molecule has 0 bridgehead atoms. The molecule has 2 heteroatoms. The molecule has 2 aliphatic carbocycles. The molecule has 9 aromatic rings. The smallest absolute Gasteiger partial charge is 0.0476 e. The normalized spacial score (nSPS) is 14.4. The molecule has 0 N–H and O–H groups in total. The van der Waals surface area contributed by atoms with E-state index >= 15 is 0 Å². The molecule has 11 rings (SSSR count). The fourth-order valence-corrected chi connectivity index (χ4v) is 10.9. The first kappa shape index (κ1) is 32.2. The summed E-state index contributed by atoms with van der Waals surface area (Å²) < 4.78 is 2.62. The Hall–Kier alpha value is -6.22. The molecule has 0 aliphatic heterocycles. The largest absolute Gasteiger partial charge is 0.310 e. The summed E-state index contributed by atoms with van der Waals surface area (Å²) in [6.07, 6.45) is 0. The van der Waals surface area contributed by atoms with E-state index < -0.39 is 0 Å². The van der Waals surface area contributed by atoms with Crippen LogP contribution in [0.4, 0.5) is 17.1 Å². The van der Waals surface area contributed by atoms with Gasteiger partial charge >= 0.3 is 0 Å². The van der Waals surface area contributed by atoms with E-state index in [-0.39, 0.29) is 10.8 Å². The van der Waals surface area contributed by atoms with Gasteiger partial charge in [0.1, 0.15) is 0 Å². The number of hydrogen-bond donors (Lipinski definition) is 0. The Morgan fingerprint density at radius 2 is 0.873 bits per heavy atom. The third kappa shape index (κ3) is 4.71. The van der Waals surface area contributed by atoms with Gasteiger partial charge in [-0.1, -0.05) is 153 Å². The van der Waals surface area contributed by atoms with Crippen LogP contribution in [0.1, 0.15) is 48.6 Å². The van der Waals surface area contributed by atoms with Crippen LogP contribution in [-0.4, -0.2) is 0 Å². The van der Waals surface area contributed by atoms with Crippen molar-refractivity contribution in [2.45, 2.75) is 31.6 Å². The van der Waals surface area contributed by atoms with Crippen LogP contribution in [0.3, 0.4) is 0 Å². The zero-order valence-electron chi connectivity index (χ0n) is 31.2. The van der Waals surface area contributed by atoms with Gasteiger partial charge < -0.3 is 4.90 Å². The van der Waals surface area contributed by atoms with Crippen molar-refractivity contribution in [3.63, 3.8) is 0 Å². The highest BCUT2D eigenvalue weighted by Crippen LogP contribution is 2.54. The maximum Gasteiger partial charge on any atom is 0.0476 e. The minimum absolute atomic E-state index is 0.0884. The lowest BCUT2D eigenvalue weighted by Crippen LogP contribution is -2.22. The third-order valence-electron chi connectivity index (χ3n) is 12.6. The summed E-state index contributed by atoms with van der Waals surface area (Å²) in [5, 5.41) is 2.62. The van der Waals surface area contributed by atoms with Gasteiger partial charge in [-0.15, -0.1) is 11.3 Å². The number of thiophene rings is 1. The van der Waals surface area contributed by atoms with Gasteiger partial charge in [-0.05, 0) is 111 Å². The van der Waals surface area contributed by atoms with E-state index in [2.05, 4.69) is 208 Å². The van der Waals surface area contributed by atoms with Crippen LogP contribution >= 0.6 is 11.3 Å². The third-order valence-corrected chi connectivity index (χ3v) is 13.7. The lowest BCUT2D eigenvalue weighted by atomic mass is 9.74. The van der Waals surface area contributed by atoms with Gasteiger partial charge in [0, 0.05) is 48.1 Å². The average Bonchev–Trinajstić information content (AvgIpc) is 3.81. The predicted octanol–water partition coefficient (Wildman–Crippen LogP) is 14.8. The summed E-state index contributed by atoms with van der Waals surface area (Å²) in [6, 6.07) is 67.8. The van der Waals surface area contributed by atoms with Crippen LogP contribution in [0.25, 0.3) is 53.6 Å². The maximum absolute atomic E-state index is 2.46. The molecule has 0 amide bonds. The number of rotatable bonds is 5. The Kier molecular flexibility index (Phi) is 6.97. The van der Waals surface area contributed by atoms with E-state index in [4.69, 9.17) is 0 Å². The van der Waals surface area contributed by atoms with E-state index in [0.717, 1.165) is 11.4 Å². The fraction of sp³-hybridized carbons (Fsp3) is 0.0943. The molecule has 0 saturated heterocycles. The van der Waals surface area contributed by atoms with Crippen LogP contribution in [0.2, 0.25) is 0 Å². The molecule has 0 radical (unpaired) electrons. The topological polar surface area (TPSA) is 3.24 Å². The van der Waals surface area contributed by atoms with E-state index in [9.17, 15) is 0 Å². The average molecular weight is 722 g/mol. The van der Waals surface area contributed by atoms with E-state index in [1.807, 2.05) is 11.3 Å². The lowest BCUT2D eigenvalue weighted by Gasteiger charge is -2.28. The van der Waals surface area contributed by atoms with Gasteiger partial charge in [0.2, 0.25) is 0 Å². The molecule has 1 aromatic heterocycles. The molecule has 0 saturated carbocycles. The van der Waals surface area contributed by atoms with Crippen LogP contribution < -0.4 is 4.90 Å². The quantitative estimate of drug-likeness (QED) is 0.171. The van der Waals surface area contributed by atoms with Crippen LogP contribution in [0.15, 0.2) is 182 Å². The highest BCUT2D eigenvalue weighted by molar-refractivity contribution is 7.25. The molecule has 1 nitrogen and oxygen atoms in total. The molecule has 8 aromatic carbocycles. The van der Waals surface area contributed by atoms with Crippen molar-refractivity contribution >= 4 is 48.6 Å². The monoisotopic (exact) mass is 721 g/mol. The van der Waals surface area contributed by atoms with E-state index in [1.54, 1.807) is 0 Å². The standard InChI is InChI=1S/C53H39NS/c1-52(2)46-18-10-7-15-40(46)43-29-26-38(32-49(43)52)54(37-24-21-35(22-25-37)34-13-5-4-6-14-34)39-27-30-45-44-28-23-36(31-50(44)55-51(45)33-39)53(3)47-19-11-8-16-41(47)42-17-9-12-20-48(42)53/h4-33H,1-3H3. The van der Waals surface area contributed by atoms with Crippen molar-refractivity contribution in [3.8, 4) is 33.4 Å². The van der Waals surface area contributed by atoms with Crippen molar-refractivity contribution in [2.75, 3.05) is 4.90 Å². The molecule has 0 unspecified atom stereocenters. The Morgan fingerprint density at radius 3 is 1.56 bits per heavy atom. The summed E-state index contributed by atoms with van der Waals surface area (Å²) in [6.45, 7) is 7.13. The molecular formula is C53H39NS. The predicted molar refractivity (Wildman–Crippen MR) is 234 cm³/mol. The first-order valence-electron chi connectivity index (χ1n) is 19.3. The minimum Gasteiger partial charge on any atom is -0.310 e. The fourth-order valence-electron chi connectivity index (χ4n) is 9.69. The van der Waals surface area contributed by atoms with Gasteiger partial charge in [-0.2, -0.15) is 0 Å². The highest BCUT2D eigenvalue weighted by Gasteiger charge is 2.40. The van der Waals surface area contributed by atoms with Gasteiger partial charge in [0.15, 0.2) is 0 Å². The van der Waals surface area contributed by atoms with Gasteiger partial charge in [0.05, 0.1) is 0 Å². The van der Waals surface area contributed by atoms with E-state index in [0.29, 0.717) is 0 Å². The second-order valence-corrected chi connectivity index (χ2v) is 16.9. The van der Waals surface area contributed by atoms with Crippen molar-refractivity contribution in [1.29, 1.82) is 0 Å². The zero-order valence-corrected chi connectivity index (χ0v) is 32.0. The molecular weight excluding hydrogens is 683 g/mol. The Morgan fingerprint density at radius 1 is 0.382 bits per heavy atom. The number of nitrogens with zero attached hydrogens (tertiary/aromatic N) is 1. The first-order valence-corrected chi connectivity index (χ1v) is 20.1. The summed E-state index contributed by atoms with van der Waals surface area (Å²) in [5.41, 5.74) is 17.8. The second kappa shape index (κ2) is 11.9. The maximum atomic E-state index is 2.46. The first-order chi connectivity index (χ1) is 26.9. The van der Waals surface area contributed by atoms with Crippen LogP contribution in [0.5, 0.6) is 0 Å². The molecule has 1 heterocycles. The second-order valence-electron chi connectivity index (χ2n) is 15.9. The Bertz CT molecular complexity index is 2920. The van der Waals surface area contributed by atoms with Crippen molar-refractivity contribution in [3.05, 3.63) is 210 Å². The van der Waals surface area contributed by atoms with Crippen molar-refractivity contribution in [2.24, 2.45) is 0 Å². The Labute approximate surface area is 326 Å². The van der Waals surface area contributed by atoms with E-state index in [1.165, 1.54) is 87.1 Å². The van der Waals surface area contributed by atoms with Gasteiger partial charge in [-0.25, -0.2) is 0 Å². The number of fused-ring (bicyclic) bond motifs is 9. The lowest BCUT2D eigenvalue weighted by molar-refractivity contribution is 0.660. The molecule has 0 fully saturated rings. The summed E-state index contributed by atoms with van der Waals surface area (Å²) >= 11 is 1.90. The van der Waals surface area contributed by atoms with Gasteiger partial charge in [-0.3, -0.25) is 0 Å². The van der Waals surface area contributed by atoms with Crippen molar-refractivity contribution < 1.29 is 0 Å². The molecule has 0 spiro atoms.